The highest BCUT2D eigenvalue weighted by Gasteiger charge is 2.19. The van der Waals surface area contributed by atoms with E-state index in [1.807, 2.05) is 11.3 Å². The minimum atomic E-state index is 1.11. The number of rotatable bonds is 7. The summed E-state index contributed by atoms with van der Waals surface area (Å²) in [7, 11) is 0. The van der Waals surface area contributed by atoms with Crippen LogP contribution in [0.3, 0.4) is 0 Å². The van der Waals surface area contributed by atoms with Crippen molar-refractivity contribution >= 4 is 113 Å². The summed E-state index contributed by atoms with van der Waals surface area (Å²) in [6, 6.07) is 98.6. The third-order valence-electron chi connectivity index (χ3n) is 15.2. The Hall–Kier alpha value is -9.28. The van der Waals surface area contributed by atoms with Gasteiger partial charge in [-0.1, -0.05) is 182 Å². The summed E-state index contributed by atoms with van der Waals surface area (Å²) < 4.78 is 5.13. The van der Waals surface area contributed by atoms with Crippen molar-refractivity contribution in [3.63, 3.8) is 0 Å². The lowest BCUT2D eigenvalue weighted by Crippen LogP contribution is -2.10. The molecule has 0 bridgehead atoms. The standard InChI is InChI=1S/C70H44N2S/c1-2-15-52(16-3-1)71(66-23-12-14-48-13-4-5-17-55(48)66)53-34-29-47(30-35-53)50-32-39-68-64(42-50)63-41-49(45-25-27-46(28-26-45)51-33-40-70-65(43-51)61-22-10-11-24-69(61)73-70)31-38-67(63)72(68)54-36-37-60-58-20-7-6-18-56(58)57-19-8-9-21-59(57)62(60)44-54/h1-44H. The number of nitrogens with zero attached hydrogens (tertiary/aromatic N) is 2. The maximum atomic E-state index is 2.47. The molecule has 0 unspecified atom stereocenters. The fourth-order valence-corrected chi connectivity index (χ4v) is 12.8. The molecule has 0 spiro atoms. The first-order chi connectivity index (χ1) is 36.2. The number of thiophene rings is 1. The van der Waals surface area contributed by atoms with Crippen molar-refractivity contribution in [2.75, 3.05) is 4.90 Å². The topological polar surface area (TPSA) is 8.17 Å². The van der Waals surface area contributed by atoms with Gasteiger partial charge in [0.05, 0.1) is 16.7 Å². The van der Waals surface area contributed by atoms with Gasteiger partial charge in [-0.25, -0.2) is 0 Å². The average molecular weight is 945 g/mol. The Labute approximate surface area is 426 Å². The normalized spacial score (nSPS) is 11.8. The molecule has 0 saturated carbocycles. The van der Waals surface area contributed by atoms with E-state index in [9.17, 15) is 0 Å². The van der Waals surface area contributed by atoms with Crippen LogP contribution >= 0.6 is 11.3 Å². The molecule has 0 fully saturated rings. The molecule has 3 heteroatoms. The predicted octanol–water partition coefficient (Wildman–Crippen LogP) is 20.2. The summed E-state index contributed by atoms with van der Waals surface area (Å²) in [5, 5.41) is 15.2. The van der Waals surface area contributed by atoms with Crippen LogP contribution in [0, 0.1) is 0 Å². The Bertz CT molecular complexity index is 4620. The Morgan fingerprint density at radius 1 is 0.260 bits per heavy atom. The average Bonchev–Trinajstić information content (AvgIpc) is 4.00. The maximum Gasteiger partial charge on any atom is 0.0541 e. The van der Waals surface area contributed by atoms with E-state index in [0.717, 1.165) is 22.7 Å². The van der Waals surface area contributed by atoms with Gasteiger partial charge in [0.25, 0.3) is 0 Å². The first kappa shape index (κ1) is 41.5. The minimum Gasteiger partial charge on any atom is -0.310 e. The van der Waals surface area contributed by atoms with Crippen molar-refractivity contribution in [1.82, 2.24) is 4.57 Å². The monoisotopic (exact) mass is 944 g/mol. The summed E-state index contributed by atoms with van der Waals surface area (Å²) in [5.41, 5.74) is 14.1. The van der Waals surface area contributed by atoms with Gasteiger partial charge in [-0.15, -0.1) is 11.3 Å². The van der Waals surface area contributed by atoms with Gasteiger partial charge in [0.15, 0.2) is 0 Å². The van der Waals surface area contributed by atoms with Gasteiger partial charge in [0.2, 0.25) is 0 Å². The largest absolute Gasteiger partial charge is 0.310 e. The van der Waals surface area contributed by atoms with E-state index < -0.39 is 0 Å². The maximum absolute atomic E-state index is 2.47. The lowest BCUT2D eigenvalue weighted by molar-refractivity contribution is 1.19. The van der Waals surface area contributed by atoms with Crippen LogP contribution in [-0.2, 0) is 0 Å². The van der Waals surface area contributed by atoms with E-state index in [1.165, 1.54) is 118 Å². The van der Waals surface area contributed by atoms with Crippen molar-refractivity contribution in [2.24, 2.45) is 0 Å². The Morgan fingerprint density at radius 3 is 1.36 bits per heavy atom. The number of fused-ring (bicyclic) bond motifs is 13. The quantitative estimate of drug-likeness (QED) is 0.145. The minimum absolute atomic E-state index is 1.11. The fourth-order valence-electron chi connectivity index (χ4n) is 11.7. The Kier molecular flexibility index (Phi) is 9.48. The Balaban J connectivity index is 0.872. The number of benzene rings is 13. The molecule has 15 rings (SSSR count). The van der Waals surface area contributed by atoms with Crippen LogP contribution in [0.25, 0.3) is 124 Å². The smallest absolute Gasteiger partial charge is 0.0541 e. The highest BCUT2D eigenvalue weighted by Crippen LogP contribution is 2.43. The van der Waals surface area contributed by atoms with E-state index in [-0.39, 0.29) is 0 Å². The van der Waals surface area contributed by atoms with Gasteiger partial charge < -0.3 is 9.47 Å². The van der Waals surface area contributed by atoms with Gasteiger partial charge in [-0.2, -0.15) is 0 Å². The second-order valence-corrected chi connectivity index (χ2v) is 20.3. The number of para-hydroxylation sites is 1. The second kappa shape index (κ2) is 16.7. The molecule has 0 atom stereocenters. The van der Waals surface area contributed by atoms with Gasteiger partial charge >= 0.3 is 0 Å². The third-order valence-corrected chi connectivity index (χ3v) is 16.3. The van der Waals surface area contributed by atoms with Gasteiger partial charge in [0, 0.05) is 53.4 Å². The molecule has 13 aromatic carbocycles. The zero-order valence-corrected chi connectivity index (χ0v) is 40.5. The van der Waals surface area contributed by atoms with E-state index in [0.29, 0.717) is 0 Å². The molecule has 0 N–H and O–H groups in total. The summed E-state index contributed by atoms with van der Waals surface area (Å²) in [5.74, 6) is 0. The van der Waals surface area contributed by atoms with Crippen LogP contribution in [0.4, 0.5) is 17.1 Å². The predicted molar refractivity (Wildman–Crippen MR) is 315 cm³/mol. The van der Waals surface area contributed by atoms with Crippen LogP contribution in [0.2, 0.25) is 0 Å². The highest BCUT2D eigenvalue weighted by molar-refractivity contribution is 7.25. The van der Waals surface area contributed by atoms with Crippen LogP contribution in [-0.4, -0.2) is 4.57 Å². The molecule has 0 aliphatic rings. The molecule has 15 aromatic rings. The lowest BCUT2D eigenvalue weighted by Gasteiger charge is -2.27. The van der Waals surface area contributed by atoms with E-state index in [1.54, 1.807) is 0 Å². The lowest BCUT2D eigenvalue weighted by atomic mass is 9.94. The van der Waals surface area contributed by atoms with Crippen LogP contribution in [0.5, 0.6) is 0 Å². The zero-order valence-electron chi connectivity index (χ0n) is 39.7. The summed E-state index contributed by atoms with van der Waals surface area (Å²) >= 11 is 1.86. The van der Waals surface area contributed by atoms with Crippen LogP contribution in [0.1, 0.15) is 0 Å². The van der Waals surface area contributed by atoms with Crippen LogP contribution in [0.15, 0.2) is 267 Å². The molecular formula is C70H44N2S. The first-order valence-electron chi connectivity index (χ1n) is 25.1. The summed E-state index contributed by atoms with van der Waals surface area (Å²) in [6.07, 6.45) is 0. The highest BCUT2D eigenvalue weighted by atomic mass is 32.1. The molecule has 340 valence electrons. The molecule has 0 radical (unpaired) electrons. The molecule has 0 aliphatic heterocycles. The van der Waals surface area contributed by atoms with E-state index in [2.05, 4.69) is 276 Å². The van der Waals surface area contributed by atoms with Crippen molar-refractivity contribution in [2.45, 2.75) is 0 Å². The SMILES string of the molecule is c1ccc(N(c2ccc(-c3ccc4c(c3)c3cc(-c5ccc(-c6ccc7sc8ccccc8c7c6)cc5)ccc3n4-c3ccc4c5ccccc5c5ccccc5c4c3)cc2)c2cccc3ccccc23)cc1. The van der Waals surface area contributed by atoms with Gasteiger partial charge in [-0.3, -0.25) is 0 Å². The summed E-state index contributed by atoms with van der Waals surface area (Å²) in [6.45, 7) is 0. The molecule has 0 amide bonds. The molecule has 0 saturated heterocycles. The second-order valence-electron chi connectivity index (χ2n) is 19.2. The molecule has 73 heavy (non-hydrogen) atoms. The van der Waals surface area contributed by atoms with Crippen molar-refractivity contribution in [1.29, 1.82) is 0 Å². The van der Waals surface area contributed by atoms with Gasteiger partial charge in [0.1, 0.15) is 0 Å². The number of hydrogen-bond acceptors (Lipinski definition) is 2. The molecule has 0 aliphatic carbocycles. The Morgan fingerprint density at radius 2 is 0.712 bits per heavy atom. The van der Waals surface area contributed by atoms with Crippen molar-refractivity contribution < 1.29 is 0 Å². The van der Waals surface area contributed by atoms with Crippen LogP contribution < -0.4 is 4.90 Å². The van der Waals surface area contributed by atoms with E-state index in [4.69, 9.17) is 0 Å². The van der Waals surface area contributed by atoms with E-state index >= 15 is 0 Å². The number of hydrogen-bond donors (Lipinski definition) is 0. The molecule has 2 aromatic heterocycles. The molecule has 2 nitrogen and oxygen atoms in total. The van der Waals surface area contributed by atoms with Crippen molar-refractivity contribution in [3.8, 4) is 39.1 Å². The zero-order chi connectivity index (χ0) is 48.0. The van der Waals surface area contributed by atoms with Crippen molar-refractivity contribution in [3.05, 3.63) is 267 Å². The number of aromatic nitrogens is 1. The fraction of sp³-hybridized carbons (Fsp3) is 0. The third kappa shape index (κ3) is 6.78. The summed E-state index contributed by atoms with van der Waals surface area (Å²) in [4.78, 5) is 2.37. The number of anilines is 3. The molecule has 2 heterocycles. The first-order valence-corrected chi connectivity index (χ1v) is 25.9. The van der Waals surface area contributed by atoms with Gasteiger partial charge in [-0.05, 0) is 156 Å². The molecular weight excluding hydrogens is 901 g/mol.